The smallest absolute Gasteiger partial charge is 0.121 e. The van der Waals surface area contributed by atoms with Gasteiger partial charge in [-0.05, 0) is 73.0 Å². The van der Waals surface area contributed by atoms with E-state index in [0.29, 0.717) is 6.61 Å². The van der Waals surface area contributed by atoms with Crippen molar-refractivity contribution in [1.82, 2.24) is 4.57 Å². The van der Waals surface area contributed by atoms with Gasteiger partial charge in [-0.3, -0.25) is 0 Å². The van der Waals surface area contributed by atoms with Crippen molar-refractivity contribution in [3.8, 4) is 28.4 Å². The lowest BCUT2D eigenvalue weighted by molar-refractivity contribution is 0.304. The van der Waals surface area contributed by atoms with Crippen molar-refractivity contribution in [2.75, 3.05) is 6.61 Å². The molecule has 1 heterocycles. The van der Waals surface area contributed by atoms with Crippen LogP contribution in [0.4, 0.5) is 0 Å². The van der Waals surface area contributed by atoms with Crippen molar-refractivity contribution < 1.29 is 9.47 Å². The minimum atomic E-state index is 0.571. The lowest BCUT2D eigenvalue weighted by Crippen LogP contribution is -2.01. The summed E-state index contributed by atoms with van der Waals surface area (Å²) in [4.78, 5) is 0. The van der Waals surface area contributed by atoms with E-state index in [1.165, 1.54) is 56.2 Å². The molecule has 4 aromatic rings. The lowest BCUT2D eigenvalue weighted by atomic mass is 10.1. The summed E-state index contributed by atoms with van der Waals surface area (Å²) in [6.07, 6.45) is 10.5. The van der Waals surface area contributed by atoms with E-state index in [9.17, 15) is 0 Å². The normalized spacial score (nSPS) is 11.0. The standard InChI is InChI=1S/C34H41NO2/c1-3-4-5-6-7-8-9-13-25-36-33-18-14-17-31(26-33)35-28(2)19-24-34(35)30-20-22-32(23-21-30)37-27-29-15-11-10-12-16-29/h10-12,14-24,26H,3-9,13,25,27H2,1-2H3. The van der Waals surface area contributed by atoms with Gasteiger partial charge in [0.25, 0.3) is 0 Å². The Kier molecular flexibility index (Phi) is 10.3. The Labute approximate surface area is 223 Å². The van der Waals surface area contributed by atoms with Crippen LogP contribution in [-0.2, 0) is 6.61 Å². The summed E-state index contributed by atoms with van der Waals surface area (Å²) in [6, 6.07) is 31.4. The third kappa shape index (κ3) is 8.01. The maximum atomic E-state index is 6.12. The molecule has 3 nitrogen and oxygen atoms in total. The number of hydrogen-bond donors (Lipinski definition) is 0. The number of aryl methyl sites for hydroxylation is 1. The van der Waals surface area contributed by atoms with Crippen LogP contribution in [0.2, 0.25) is 0 Å². The van der Waals surface area contributed by atoms with Gasteiger partial charge in [0.15, 0.2) is 0 Å². The summed E-state index contributed by atoms with van der Waals surface area (Å²) in [6.45, 7) is 5.77. The lowest BCUT2D eigenvalue weighted by Gasteiger charge is -2.14. The molecule has 0 atom stereocenters. The van der Waals surface area contributed by atoms with Gasteiger partial charge in [0.05, 0.1) is 12.3 Å². The molecule has 1 aromatic heterocycles. The second-order valence-corrected chi connectivity index (χ2v) is 9.81. The fourth-order valence-corrected chi connectivity index (χ4v) is 4.71. The molecule has 0 radical (unpaired) electrons. The highest BCUT2D eigenvalue weighted by Gasteiger charge is 2.11. The summed E-state index contributed by atoms with van der Waals surface area (Å²) >= 11 is 0. The van der Waals surface area contributed by atoms with E-state index in [1.807, 2.05) is 30.3 Å². The minimum absolute atomic E-state index is 0.571. The molecule has 0 saturated heterocycles. The van der Waals surface area contributed by atoms with Gasteiger partial charge >= 0.3 is 0 Å². The monoisotopic (exact) mass is 495 g/mol. The molecule has 0 amide bonds. The zero-order valence-electron chi connectivity index (χ0n) is 22.5. The Morgan fingerprint density at radius 3 is 2.11 bits per heavy atom. The minimum Gasteiger partial charge on any atom is -0.494 e. The van der Waals surface area contributed by atoms with Gasteiger partial charge in [-0.15, -0.1) is 0 Å². The second kappa shape index (κ2) is 14.3. The Bertz CT molecular complexity index is 1190. The van der Waals surface area contributed by atoms with Gasteiger partial charge in [0.1, 0.15) is 18.1 Å². The predicted octanol–water partition coefficient (Wildman–Crippen LogP) is 9.55. The molecule has 37 heavy (non-hydrogen) atoms. The molecule has 0 spiro atoms. The summed E-state index contributed by atoms with van der Waals surface area (Å²) in [5.74, 6) is 1.81. The molecule has 3 aromatic carbocycles. The van der Waals surface area contributed by atoms with E-state index in [4.69, 9.17) is 9.47 Å². The average Bonchev–Trinajstić information content (AvgIpc) is 3.33. The zero-order chi connectivity index (χ0) is 25.7. The molecular weight excluding hydrogens is 454 g/mol. The van der Waals surface area contributed by atoms with E-state index in [2.05, 4.69) is 79.1 Å². The SMILES string of the molecule is CCCCCCCCCCOc1cccc(-n2c(C)ccc2-c2ccc(OCc3ccccc3)cc2)c1. The number of benzene rings is 3. The van der Waals surface area contributed by atoms with Crippen LogP contribution >= 0.6 is 0 Å². The Morgan fingerprint density at radius 1 is 0.622 bits per heavy atom. The fraction of sp³-hybridized carbons (Fsp3) is 0.353. The molecule has 0 bridgehead atoms. The van der Waals surface area contributed by atoms with Crippen LogP contribution in [0.3, 0.4) is 0 Å². The van der Waals surface area contributed by atoms with Crippen molar-refractivity contribution in [1.29, 1.82) is 0 Å². The molecule has 0 saturated carbocycles. The van der Waals surface area contributed by atoms with Crippen LogP contribution in [0.5, 0.6) is 11.5 Å². The first-order valence-corrected chi connectivity index (χ1v) is 13.9. The summed E-state index contributed by atoms with van der Waals surface area (Å²) in [7, 11) is 0. The number of unbranched alkanes of at least 4 members (excludes halogenated alkanes) is 7. The van der Waals surface area contributed by atoms with Crippen molar-refractivity contribution in [3.63, 3.8) is 0 Å². The number of ether oxygens (including phenoxy) is 2. The highest BCUT2D eigenvalue weighted by atomic mass is 16.5. The molecule has 0 N–H and O–H groups in total. The molecule has 0 aliphatic heterocycles. The topological polar surface area (TPSA) is 23.4 Å². The highest BCUT2D eigenvalue weighted by Crippen LogP contribution is 2.29. The molecule has 0 unspecified atom stereocenters. The van der Waals surface area contributed by atoms with Crippen LogP contribution in [0.15, 0.2) is 91.0 Å². The Hall–Kier alpha value is -3.46. The zero-order valence-corrected chi connectivity index (χ0v) is 22.5. The van der Waals surface area contributed by atoms with Gasteiger partial charge in [0, 0.05) is 17.4 Å². The summed E-state index contributed by atoms with van der Waals surface area (Å²) < 4.78 is 14.4. The van der Waals surface area contributed by atoms with Gasteiger partial charge in [-0.2, -0.15) is 0 Å². The first-order chi connectivity index (χ1) is 18.2. The third-order valence-electron chi connectivity index (χ3n) is 6.82. The maximum Gasteiger partial charge on any atom is 0.121 e. The fourth-order valence-electron chi connectivity index (χ4n) is 4.71. The van der Waals surface area contributed by atoms with Crippen LogP contribution in [0.1, 0.15) is 69.5 Å². The van der Waals surface area contributed by atoms with E-state index in [1.54, 1.807) is 0 Å². The molecule has 0 aliphatic carbocycles. The van der Waals surface area contributed by atoms with E-state index in [0.717, 1.165) is 41.5 Å². The van der Waals surface area contributed by atoms with E-state index < -0.39 is 0 Å². The predicted molar refractivity (Wildman–Crippen MR) is 155 cm³/mol. The first kappa shape index (κ1) is 26.6. The number of aromatic nitrogens is 1. The van der Waals surface area contributed by atoms with Gasteiger partial charge in [-0.25, -0.2) is 0 Å². The van der Waals surface area contributed by atoms with Crippen molar-refractivity contribution in [3.05, 3.63) is 102 Å². The average molecular weight is 496 g/mol. The molecule has 194 valence electrons. The number of rotatable bonds is 15. The Morgan fingerprint density at radius 2 is 1.35 bits per heavy atom. The van der Waals surface area contributed by atoms with Crippen LogP contribution in [-0.4, -0.2) is 11.2 Å². The van der Waals surface area contributed by atoms with Gasteiger partial charge in [0.2, 0.25) is 0 Å². The first-order valence-electron chi connectivity index (χ1n) is 13.9. The largest absolute Gasteiger partial charge is 0.494 e. The maximum absolute atomic E-state index is 6.12. The molecule has 0 fully saturated rings. The third-order valence-corrected chi connectivity index (χ3v) is 6.82. The molecule has 4 rings (SSSR count). The van der Waals surface area contributed by atoms with E-state index in [-0.39, 0.29) is 0 Å². The van der Waals surface area contributed by atoms with Crippen LogP contribution in [0, 0.1) is 6.92 Å². The summed E-state index contributed by atoms with van der Waals surface area (Å²) in [5.41, 5.74) is 5.80. The highest BCUT2D eigenvalue weighted by molar-refractivity contribution is 5.65. The quantitative estimate of drug-likeness (QED) is 0.153. The second-order valence-electron chi connectivity index (χ2n) is 9.81. The van der Waals surface area contributed by atoms with Crippen molar-refractivity contribution in [2.45, 2.75) is 71.8 Å². The summed E-state index contributed by atoms with van der Waals surface area (Å²) in [5, 5.41) is 0. The van der Waals surface area contributed by atoms with Gasteiger partial charge < -0.3 is 14.0 Å². The van der Waals surface area contributed by atoms with Crippen molar-refractivity contribution in [2.24, 2.45) is 0 Å². The van der Waals surface area contributed by atoms with Crippen LogP contribution in [0.25, 0.3) is 16.9 Å². The van der Waals surface area contributed by atoms with E-state index >= 15 is 0 Å². The van der Waals surface area contributed by atoms with Crippen LogP contribution < -0.4 is 9.47 Å². The number of hydrogen-bond acceptors (Lipinski definition) is 2. The molecular formula is C34H41NO2. The molecule has 0 aliphatic rings. The molecule has 3 heteroatoms. The Balaban J connectivity index is 1.34. The van der Waals surface area contributed by atoms with Crippen molar-refractivity contribution >= 4 is 0 Å². The number of nitrogens with zero attached hydrogens (tertiary/aromatic N) is 1. The van der Waals surface area contributed by atoms with Gasteiger partial charge in [-0.1, -0.05) is 88.3 Å².